The average Bonchev–Trinajstić information content (AvgIpc) is 0.918. The minimum absolute atomic E-state index is 0. The summed E-state index contributed by atoms with van der Waals surface area (Å²) in [7, 11) is 0.500. The van der Waals surface area contributed by atoms with Crippen molar-refractivity contribution in [3.63, 3.8) is 0 Å². The topological polar surface area (TPSA) is 26.0 Å². The van der Waals surface area contributed by atoms with Gasteiger partial charge in [-0.05, 0) is 11.8 Å². The van der Waals surface area contributed by atoms with Crippen molar-refractivity contribution >= 4 is 27.7 Å². The van der Waals surface area contributed by atoms with Gasteiger partial charge < -0.3 is 0 Å². The van der Waals surface area contributed by atoms with Crippen LogP contribution in [0, 0.1) is 0 Å². The first-order valence-corrected chi connectivity index (χ1v) is 2.42. The zero-order valence-electron chi connectivity index (χ0n) is 2.01. The maximum Gasteiger partial charge on any atom is 0.0555 e. The molecular weight excluding hydrogens is 87.9 g/mol. The van der Waals surface area contributed by atoms with Crippen LogP contribution in [0.15, 0.2) is 0 Å². The lowest BCUT2D eigenvalue weighted by Crippen LogP contribution is -1.51. The quantitative estimate of drug-likeness (QED) is 0.331. The molecule has 1 nitrogen and oxygen atoms in total. The Hall–Kier alpha value is 0.545. The van der Waals surface area contributed by atoms with Crippen LogP contribution in [-0.2, 0) is 11.8 Å². The van der Waals surface area contributed by atoms with E-state index in [0.29, 0.717) is 7.51 Å². The van der Waals surface area contributed by atoms with E-state index in [0.717, 1.165) is 0 Å². The van der Waals surface area contributed by atoms with Crippen molar-refractivity contribution in [2.45, 2.75) is 0 Å². The van der Waals surface area contributed by atoms with E-state index in [1.54, 1.807) is 0 Å². The molecule has 0 fully saturated rings. The van der Waals surface area contributed by atoms with Crippen LogP contribution in [0.4, 0.5) is 0 Å². The van der Waals surface area contributed by atoms with Crippen molar-refractivity contribution in [1.82, 2.24) is 0 Å². The van der Waals surface area contributed by atoms with E-state index < -0.39 is 0 Å². The van der Waals surface area contributed by atoms with Gasteiger partial charge in [-0.2, -0.15) is 0 Å². The Morgan fingerprint density at radius 1 is 1.75 bits per heavy atom. The Balaban J connectivity index is 0. The van der Waals surface area contributed by atoms with Crippen LogP contribution in [0.1, 0.15) is 0 Å². The summed E-state index contributed by atoms with van der Waals surface area (Å²) in [5, 5.41) is 0. The van der Waals surface area contributed by atoms with Gasteiger partial charge in [0.2, 0.25) is 0 Å². The third kappa shape index (κ3) is 20.5. The van der Waals surface area contributed by atoms with Gasteiger partial charge in [0, 0.05) is 8.41 Å². The smallest absolute Gasteiger partial charge is 0.0555 e. The third-order valence-electron chi connectivity index (χ3n) is 0. The van der Waals surface area contributed by atoms with E-state index in [1.807, 2.05) is 0 Å². The van der Waals surface area contributed by atoms with E-state index in [9.17, 15) is 0 Å². The van der Waals surface area contributed by atoms with Gasteiger partial charge in [0.1, 0.15) is 0 Å². The molecule has 0 aromatic rings. The first-order chi connectivity index (χ1) is 1.41. The monoisotopic (exact) mass is 90.0 g/mol. The number of hydrogen-bond donors (Lipinski definition) is 1. The Morgan fingerprint density at radius 2 is 1.75 bits per heavy atom. The second-order valence-corrected chi connectivity index (χ2v) is 0.949. The second kappa shape index (κ2) is 9.62. The highest BCUT2D eigenvalue weighted by Crippen LogP contribution is 1.57. The molecule has 21 valence electrons. The second-order valence-electron chi connectivity index (χ2n) is 0.105. The van der Waals surface area contributed by atoms with E-state index in [2.05, 4.69) is 17.3 Å². The zero-order chi connectivity index (χ0) is 2.71. The standard InChI is InChI=1S/B.H2NPS/c;1-2-3/h;(H2,1,3). The largest absolute Gasteiger partial charge is 0.276 e. The highest BCUT2D eigenvalue weighted by molar-refractivity contribution is 7.95. The molecule has 0 saturated heterocycles. The van der Waals surface area contributed by atoms with E-state index >= 15 is 0 Å². The Kier molecular flexibility index (Phi) is 21.2. The first kappa shape index (κ1) is 8.82. The third-order valence-corrected chi connectivity index (χ3v) is 0. The van der Waals surface area contributed by atoms with Gasteiger partial charge in [0.25, 0.3) is 0 Å². The molecule has 0 bridgehead atoms. The molecule has 0 aromatic carbocycles. The van der Waals surface area contributed by atoms with Crippen molar-refractivity contribution in [2.24, 2.45) is 5.50 Å². The lowest BCUT2D eigenvalue weighted by molar-refractivity contribution is 2.05. The van der Waals surface area contributed by atoms with Gasteiger partial charge in [-0.15, -0.1) is 0 Å². The first-order valence-electron chi connectivity index (χ1n) is 0.441. The minimum Gasteiger partial charge on any atom is -0.276 e. The summed E-state index contributed by atoms with van der Waals surface area (Å²) in [4.78, 5) is 0. The van der Waals surface area contributed by atoms with Gasteiger partial charge in [-0.25, -0.2) is 0 Å². The van der Waals surface area contributed by atoms with E-state index in [4.69, 9.17) is 0 Å². The minimum atomic E-state index is 0. The van der Waals surface area contributed by atoms with Crippen LogP contribution in [0.2, 0.25) is 0 Å². The predicted octanol–water partition coefficient (Wildman–Crippen LogP) is -0.113. The average molecular weight is 89.9 g/mol. The summed E-state index contributed by atoms with van der Waals surface area (Å²) in [6, 6.07) is 0. The number of hydrogen-bond acceptors (Lipinski definition) is 1. The van der Waals surface area contributed by atoms with Crippen LogP contribution in [0.3, 0.4) is 0 Å². The molecule has 0 atom stereocenters. The molecule has 0 saturated carbocycles. The molecule has 0 unspecified atom stereocenters. The van der Waals surface area contributed by atoms with Crippen molar-refractivity contribution in [3.05, 3.63) is 0 Å². The molecule has 0 aromatic heterocycles. The highest BCUT2D eigenvalue weighted by atomic mass is 32.4. The SMILES string of the molecule is NP=S.[B]. The van der Waals surface area contributed by atoms with Crippen LogP contribution in [0.25, 0.3) is 0 Å². The van der Waals surface area contributed by atoms with Gasteiger partial charge in [0.05, 0.1) is 7.51 Å². The molecule has 0 aliphatic heterocycles. The van der Waals surface area contributed by atoms with Crippen LogP contribution in [0.5, 0.6) is 0 Å². The zero-order valence-corrected chi connectivity index (χ0v) is 3.72. The van der Waals surface area contributed by atoms with Crippen LogP contribution < -0.4 is 5.50 Å². The fourth-order valence-electron chi connectivity index (χ4n) is 0. The molecule has 2 N–H and O–H groups in total. The Morgan fingerprint density at radius 3 is 1.75 bits per heavy atom. The molecule has 0 amide bonds. The van der Waals surface area contributed by atoms with Crippen LogP contribution in [-0.4, -0.2) is 8.41 Å². The van der Waals surface area contributed by atoms with E-state index in [-0.39, 0.29) is 8.41 Å². The Labute approximate surface area is 34.0 Å². The summed E-state index contributed by atoms with van der Waals surface area (Å²) in [6.07, 6.45) is 0. The molecule has 4 heavy (non-hydrogen) atoms. The molecule has 3 radical (unpaired) electrons. The molecule has 0 rings (SSSR count). The van der Waals surface area contributed by atoms with Gasteiger partial charge in [-0.1, -0.05) is 0 Å². The van der Waals surface area contributed by atoms with Crippen molar-refractivity contribution < 1.29 is 0 Å². The lowest BCUT2D eigenvalue weighted by atomic mass is 10.8. The van der Waals surface area contributed by atoms with Gasteiger partial charge in [0.15, 0.2) is 0 Å². The van der Waals surface area contributed by atoms with Gasteiger partial charge >= 0.3 is 0 Å². The molecule has 0 aliphatic carbocycles. The van der Waals surface area contributed by atoms with Crippen LogP contribution >= 0.6 is 7.51 Å². The maximum atomic E-state index is 4.63. The van der Waals surface area contributed by atoms with Gasteiger partial charge in [-0.3, -0.25) is 5.50 Å². The highest BCUT2D eigenvalue weighted by Gasteiger charge is 1.17. The summed E-state index contributed by atoms with van der Waals surface area (Å²) in [5.74, 6) is 0. The van der Waals surface area contributed by atoms with Crippen molar-refractivity contribution in [2.75, 3.05) is 0 Å². The number of nitrogens with two attached hydrogens (primary N) is 1. The predicted molar refractivity (Wildman–Crippen MR) is 24.2 cm³/mol. The number of rotatable bonds is 0. The fraction of sp³-hybridized carbons (Fsp3) is 0. The lowest BCUT2D eigenvalue weighted by Gasteiger charge is -1.31. The molecular formula is H2BNPS. The molecule has 4 heteroatoms. The maximum absolute atomic E-state index is 4.63. The summed E-state index contributed by atoms with van der Waals surface area (Å²) < 4.78 is 0. The summed E-state index contributed by atoms with van der Waals surface area (Å²) in [5.41, 5.74) is 4.63. The van der Waals surface area contributed by atoms with E-state index in [1.165, 1.54) is 0 Å². The molecule has 0 heterocycles. The molecule has 0 aliphatic rings. The summed E-state index contributed by atoms with van der Waals surface area (Å²) in [6.45, 7) is 0. The molecule has 0 spiro atoms. The van der Waals surface area contributed by atoms with Crippen molar-refractivity contribution in [3.8, 4) is 0 Å². The van der Waals surface area contributed by atoms with Crippen molar-refractivity contribution in [1.29, 1.82) is 0 Å². The fourth-order valence-corrected chi connectivity index (χ4v) is 0. The normalized spacial score (nSPS) is 5.25. The Bertz CT molecular complexity index is 15.5. The summed E-state index contributed by atoms with van der Waals surface area (Å²) >= 11 is 4.14.